The summed E-state index contributed by atoms with van der Waals surface area (Å²) in [5, 5.41) is 5.03. The lowest BCUT2D eigenvalue weighted by Crippen LogP contribution is -2.34. The van der Waals surface area contributed by atoms with Crippen LogP contribution in [0.2, 0.25) is 5.02 Å². The van der Waals surface area contributed by atoms with E-state index in [0.717, 1.165) is 12.1 Å². The molecule has 0 saturated carbocycles. The van der Waals surface area contributed by atoms with Crippen molar-refractivity contribution in [2.75, 3.05) is 13.1 Å². The fourth-order valence-corrected chi connectivity index (χ4v) is 3.13. The lowest BCUT2D eigenvalue weighted by molar-refractivity contribution is 0.0737. The third-order valence-corrected chi connectivity index (χ3v) is 4.37. The standard InChI is InChI=1S/C16H19ClN4O.ClH/c1-11-7-12(9-18)10-20(11)16(22)15-5-6-21(19-15)14-4-2-3-13(17)8-14;/h2-6,8,11-12H,7,9-10,18H2,1H3;1H. The minimum absolute atomic E-state index is 0. The highest BCUT2D eigenvalue weighted by atomic mass is 35.5. The summed E-state index contributed by atoms with van der Waals surface area (Å²) in [6.07, 6.45) is 2.73. The van der Waals surface area contributed by atoms with Gasteiger partial charge in [-0.05, 0) is 50.1 Å². The highest BCUT2D eigenvalue weighted by Crippen LogP contribution is 2.24. The van der Waals surface area contributed by atoms with E-state index in [1.807, 2.05) is 23.1 Å². The summed E-state index contributed by atoms with van der Waals surface area (Å²) < 4.78 is 1.67. The van der Waals surface area contributed by atoms with Gasteiger partial charge in [-0.25, -0.2) is 4.68 Å². The van der Waals surface area contributed by atoms with Crippen molar-refractivity contribution in [3.8, 4) is 5.69 Å². The van der Waals surface area contributed by atoms with Gasteiger partial charge in [-0.3, -0.25) is 4.79 Å². The Balaban J connectivity index is 0.00000192. The third-order valence-electron chi connectivity index (χ3n) is 4.14. The Kier molecular flexibility index (Phi) is 5.68. The van der Waals surface area contributed by atoms with Crippen molar-refractivity contribution in [1.29, 1.82) is 0 Å². The van der Waals surface area contributed by atoms with Gasteiger partial charge in [0.1, 0.15) is 0 Å². The fourth-order valence-electron chi connectivity index (χ4n) is 2.94. The van der Waals surface area contributed by atoms with Gasteiger partial charge < -0.3 is 10.6 Å². The molecular formula is C16H20Cl2N4O. The maximum atomic E-state index is 12.6. The highest BCUT2D eigenvalue weighted by Gasteiger charge is 2.32. The molecule has 1 aliphatic heterocycles. The van der Waals surface area contributed by atoms with Crippen LogP contribution in [0.4, 0.5) is 0 Å². The zero-order valence-corrected chi connectivity index (χ0v) is 14.4. The predicted molar refractivity (Wildman–Crippen MR) is 93.5 cm³/mol. The highest BCUT2D eigenvalue weighted by molar-refractivity contribution is 6.30. The summed E-state index contributed by atoms with van der Waals surface area (Å²) in [4.78, 5) is 14.5. The number of rotatable bonds is 3. The van der Waals surface area contributed by atoms with E-state index in [4.69, 9.17) is 17.3 Å². The van der Waals surface area contributed by atoms with E-state index in [2.05, 4.69) is 12.0 Å². The van der Waals surface area contributed by atoms with E-state index in [-0.39, 0.29) is 24.4 Å². The number of nitrogens with two attached hydrogens (primary N) is 1. The van der Waals surface area contributed by atoms with E-state index in [1.54, 1.807) is 23.0 Å². The summed E-state index contributed by atoms with van der Waals surface area (Å²) in [5.41, 5.74) is 7.00. The normalized spacial score (nSPS) is 20.4. The van der Waals surface area contributed by atoms with Crippen LogP contribution >= 0.6 is 24.0 Å². The molecule has 7 heteroatoms. The molecule has 0 aliphatic carbocycles. The first-order chi connectivity index (χ1) is 10.6. The van der Waals surface area contributed by atoms with Crippen LogP contribution < -0.4 is 5.73 Å². The number of amides is 1. The topological polar surface area (TPSA) is 64.2 Å². The monoisotopic (exact) mass is 354 g/mol. The molecule has 1 aromatic heterocycles. The second-order valence-electron chi connectivity index (χ2n) is 5.77. The largest absolute Gasteiger partial charge is 0.334 e. The maximum Gasteiger partial charge on any atom is 0.274 e. The molecule has 124 valence electrons. The Morgan fingerprint density at radius 3 is 2.87 bits per heavy atom. The maximum absolute atomic E-state index is 12.6. The van der Waals surface area contributed by atoms with E-state index in [0.29, 0.717) is 29.7 Å². The van der Waals surface area contributed by atoms with Crippen molar-refractivity contribution in [1.82, 2.24) is 14.7 Å². The van der Waals surface area contributed by atoms with E-state index in [1.165, 1.54) is 0 Å². The van der Waals surface area contributed by atoms with E-state index >= 15 is 0 Å². The molecule has 1 amide bonds. The van der Waals surface area contributed by atoms with Crippen molar-refractivity contribution in [2.24, 2.45) is 11.7 Å². The number of hydrogen-bond donors (Lipinski definition) is 1. The van der Waals surface area contributed by atoms with Crippen LogP contribution in [0.3, 0.4) is 0 Å². The average molecular weight is 355 g/mol. The van der Waals surface area contributed by atoms with Crippen LogP contribution in [0.5, 0.6) is 0 Å². The first-order valence-corrected chi connectivity index (χ1v) is 7.79. The molecule has 2 unspecified atom stereocenters. The molecule has 0 radical (unpaired) electrons. The van der Waals surface area contributed by atoms with Crippen LogP contribution in [-0.2, 0) is 0 Å². The van der Waals surface area contributed by atoms with Crippen molar-refractivity contribution in [3.63, 3.8) is 0 Å². The molecule has 0 spiro atoms. The summed E-state index contributed by atoms with van der Waals surface area (Å²) in [6.45, 7) is 3.38. The molecule has 3 rings (SSSR count). The summed E-state index contributed by atoms with van der Waals surface area (Å²) in [7, 11) is 0. The molecule has 1 fully saturated rings. The van der Waals surface area contributed by atoms with Gasteiger partial charge in [0.2, 0.25) is 0 Å². The van der Waals surface area contributed by atoms with Crippen LogP contribution in [0.15, 0.2) is 36.5 Å². The van der Waals surface area contributed by atoms with E-state index in [9.17, 15) is 4.79 Å². The van der Waals surface area contributed by atoms with Crippen LogP contribution in [0.25, 0.3) is 5.69 Å². The molecule has 2 atom stereocenters. The Morgan fingerprint density at radius 2 is 2.22 bits per heavy atom. The van der Waals surface area contributed by atoms with Gasteiger partial charge in [0.25, 0.3) is 5.91 Å². The molecule has 0 bridgehead atoms. The number of halogens is 2. The van der Waals surface area contributed by atoms with Gasteiger partial charge in [0, 0.05) is 23.8 Å². The molecule has 1 aliphatic rings. The summed E-state index contributed by atoms with van der Waals surface area (Å²) in [6, 6.07) is 9.32. The van der Waals surface area contributed by atoms with Gasteiger partial charge in [0.15, 0.2) is 5.69 Å². The summed E-state index contributed by atoms with van der Waals surface area (Å²) in [5.74, 6) is 0.346. The first kappa shape index (κ1) is 17.8. The SMILES string of the molecule is CC1CC(CN)CN1C(=O)c1ccn(-c2cccc(Cl)c2)n1.Cl. The van der Waals surface area contributed by atoms with Gasteiger partial charge in [-0.15, -0.1) is 12.4 Å². The molecule has 5 nitrogen and oxygen atoms in total. The Morgan fingerprint density at radius 1 is 1.43 bits per heavy atom. The average Bonchev–Trinajstić information content (AvgIpc) is 3.13. The number of benzene rings is 1. The Hall–Kier alpha value is -1.56. The van der Waals surface area contributed by atoms with Gasteiger partial charge >= 0.3 is 0 Å². The lowest BCUT2D eigenvalue weighted by atomic mass is 10.1. The second kappa shape index (κ2) is 7.34. The molecule has 2 N–H and O–H groups in total. The molecule has 2 aromatic rings. The lowest BCUT2D eigenvalue weighted by Gasteiger charge is -2.20. The van der Waals surface area contributed by atoms with Crippen molar-refractivity contribution in [2.45, 2.75) is 19.4 Å². The van der Waals surface area contributed by atoms with Crippen molar-refractivity contribution < 1.29 is 4.79 Å². The zero-order chi connectivity index (χ0) is 15.7. The predicted octanol–water partition coefficient (Wildman–Crippen LogP) is 2.76. The second-order valence-corrected chi connectivity index (χ2v) is 6.21. The van der Waals surface area contributed by atoms with Crippen LogP contribution in [-0.4, -0.2) is 39.7 Å². The minimum atomic E-state index is -0.0378. The number of hydrogen-bond acceptors (Lipinski definition) is 3. The van der Waals surface area contributed by atoms with Gasteiger partial charge in [0.05, 0.1) is 5.69 Å². The van der Waals surface area contributed by atoms with Gasteiger partial charge in [-0.1, -0.05) is 17.7 Å². The summed E-state index contributed by atoms with van der Waals surface area (Å²) >= 11 is 5.99. The fraction of sp³-hybridized carbons (Fsp3) is 0.375. The van der Waals surface area contributed by atoms with E-state index < -0.39 is 0 Å². The Bertz CT molecular complexity index is 688. The number of carbonyl (C=O) groups is 1. The smallest absolute Gasteiger partial charge is 0.274 e. The van der Waals surface area contributed by atoms with Gasteiger partial charge in [-0.2, -0.15) is 5.10 Å². The van der Waals surface area contributed by atoms with Crippen molar-refractivity contribution in [3.05, 3.63) is 47.2 Å². The molecule has 2 heterocycles. The van der Waals surface area contributed by atoms with Crippen LogP contribution in [0.1, 0.15) is 23.8 Å². The van der Waals surface area contributed by atoms with Crippen LogP contribution in [0, 0.1) is 5.92 Å². The zero-order valence-electron chi connectivity index (χ0n) is 12.9. The number of nitrogens with zero attached hydrogens (tertiary/aromatic N) is 3. The quantitative estimate of drug-likeness (QED) is 0.921. The van der Waals surface area contributed by atoms with Crippen molar-refractivity contribution >= 4 is 29.9 Å². The molecule has 1 aromatic carbocycles. The molecule has 23 heavy (non-hydrogen) atoms. The molecular weight excluding hydrogens is 335 g/mol. The Labute approximate surface area is 146 Å². The number of carbonyl (C=O) groups excluding carboxylic acids is 1. The number of likely N-dealkylation sites (tertiary alicyclic amines) is 1. The third kappa shape index (κ3) is 3.68. The minimum Gasteiger partial charge on any atom is -0.334 e. The molecule has 1 saturated heterocycles. The first-order valence-electron chi connectivity index (χ1n) is 7.41. The number of aromatic nitrogens is 2.